The van der Waals surface area contributed by atoms with E-state index in [1.54, 1.807) is 0 Å². The van der Waals surface area contributed by atoms with E-state index in [1.165, 1.54) is 5.57 Å². The van der Waals surface area contributed by atoms with Gasteiger partial charge in [0.25, 0.3) is 0 Å². The van der Waals surface area contributed by atoms with Crippen molar-refractivity contribution in [3.63, 3.8) is 0 Å². The van der Waals surface area contributed by atoms with Crippen LogP contribution in [0, 0.1) is 6.92 Å². The number of hydrogen-bond donors (Lipinski definition) is 2. The average Bonchev–Trinajstić information content (AvgIpc) is 2.90. The minimum atomic E-state index is 0.207. The van der Waals surface area contributed by atoms with E-state index in [1.807, 2.05) is 24.3 Å². The molecule has 0 bridgehead atoms. The summed E-state index contributed by atoms with van der Waals surface area (Å²) in [6.45, 7) is 2.05. The second-order valence-electron chi connectivity index (χ2n) is 8.81. The number of aliphatic imine (C=N–C) groups is 1. The first-order valence-corrected chi connectivity index (χ1v) is 12.0. The maximum atomic E-state index is 6.13. The minimum Gasteiger partial charge on any atom is -0.399 e. The van der Waals surface area contributed by atoms with E-state index in [0.717, 1.165) is 51.5 Å². The molecule has 3 nitrogen and oxygen atoms in total. The molecule has 0 aliphatic heterocycles. The van der Waals surface area contributed by atoms with Crippen LogP contribution in [0.15, 0.2) is 132 Å². The van der Waals surface area contributed by atoms with Crippen molar-refractivity contribution in [1.29, 1.82) is 0 Å². The number of allylic oxidation sites excluding steroid dienone is 7. The van der Waals surface area contributed by atoms with Gasteiger partial charge in [0.05, 0.1) is 11.8 Å². The Balaban J connectivity index is 1.49. The second-order valence-corrected chi connectivity index (χ2v) is 8.81. The molecular weight excluding hydrogens is 426 g/mol. The van der Waals surface area contributed by atoms with Crippen LogP contribution in [0.4, 0.5) is 17.1 Å². The summed E-state index contributed by atoms with van der Waals surface area (Å²) in [5.41, 5.74) is 15.7. The summed E-state index contributed by atoms with van der Waals surface area (Å²) in [5.74, 6) is 0. The van der Waals surface area contributed by atoms with Gasteiger partial charge in [0.15, 0.2) is 0 Å². The van der Waals surface area contributed by atoms with Crippen LogP contribution in [-0.4, -0.2) is 11.8 Å². The van der Waals surface area contributed by atoms with E-state index in [2.05, 4.69) is 109 Å². The van der Waals surface area contributed by atoms with Crippen LogP contribution in [0.2, 0.25) is 0 Å². The van der Waals surface area contributed by atoms with E-state index in [0.29, 0.717) is 0 Å². The van der Waals surface area contributed by atoms with Crippen LogP contribution in [0.1, 0.15) is 23.1 Å². The molecule has 3 heteroatoms. The molecule has 172 valence electrons. The Morgan fingerprint density at radius 3 is 2.23 bits per heavy atom. The van der Waals surface area contributed by atoms with Gasteiger partial charge in [-0.1, -0.05) is 72.9 Å². The number of nitrogens with two attached hydrogens (primary N) is 1. The summed E-state index contributed by atoms with van der Waals surface area (Å²) in [5, 5.41) is 3.46. The van der Waals surface area contributed by atoms with E-state index < -0.39 is 0 Å². The number of para-hydroxylation sites is 1. The molecule has 5 rings (SSSR count). The van der Waals surface area contributed by atoms with E-state index >= 15 is 0 Å². The lowest BCUT2D eigenvalue weighted by Gasteiger charge is -2.16. The highest BCUT2D eigenvalue weighted by Gasteiger charge is 2.13. The standard InChI is InChI=1S/C32H29N3/c1-23-22-26(16-21-31(23)33)32(24-12-17-29(18-13-24)34-27-8-4-2-5-9-27)25-14-19-30(20-15-25)35-28-10-6-3-7-11-28/h2-10,12-22,28,34H,11,33H2,1H3. The highest BCUT2D eigenvalue weighted by molar-refractivity contribution is 6.07. The lowest BCUT2D eigenvalue weighted by atomic mass is 9.89. The lowest BCUT2D eigenvalue weighted by Crippen LogP contribution is -2.06. The first kappa shape index (κ1) is 22.4. The predicted molar refractivity (Wildman–Crippen MR) is 150 cm³/mol. The minimum absolute atomic E-state index is 0.207. The summed E-state index contributed by atoms with van der Waals surface area (Å²) in [7, 11) is 0. The molecule has 0 radical (unpaired) electrons. The van der Waals surface area contributed by atoms with Gasteiger partial charge in [0, 0.05) is 17.1 Å². The first-order valence-electron chi connectivity index (χ1n) is 12.0. The number of rotatable bonds is 5. The molecule has 3 N–H and O–H groups in total. The van der Waals surface area contributed by atoms with Gasteiger partial charge in [-0.25, -0.2) is 0 Å². The zero-order chi connectivity index (χ0) is 24.0. The quantitative estimate of drug-likeness (QED) is 0.390. The largest absolute Gasteiger partial charge is 0.399 e. The van der Waals surface area contributed by atoms with Crippen molar-refractivity contribution >= 4 is 28.3 Å². The Labute approximate surface area is 207 Å². The highest BCUT2D eigenvalue weighted by Crippen LogP contribution is 2.32. The van der Waals surface area contributed by atoms with Gasteiger partial charge < -0.3 is 11.1 Å². The molecule has 0 heterocycles. The predicted octanol–water partition coefficient (Wildman–Crippen LogP) is 7.57. The normalized spacial score (nSPS) is 16.4. The third-order valence-corrected chi connectivity index (χ3v) is 6.22. The molecule has 0 amide bonds. The van der Waals surface area contributed by atoms with Crippen LogP contribution in [-0.2, 0) is 0 Å². The lowest BCUT2D eigenvalue weighted by molar-refractivity contribution is 0.829. The van der Waals surface area contributed by atoms with Crippen molar-refractivity contribution in [3.8, 4) is 0 Å². The van der Waals surface area contributed by atoms with Gasteiger partial charge in [0.2, 0.25) is 0 Å². The molecule has 3 aromatic carbocycles. The zero-order valence-electron chi connectivity index (χ0n) is 19.9. The molecule has 35 heavy (non-hydrogen) atoms. The first-order chi connectivity index (χ1) is 17.2. The Bertz CT molecular complexity index is 1370. The fraction of sp³-hybridized carbons (Fsp3) is 0.0938. The number of hydrogen-bond acceptors (Lipinski definition) is 3. The molecule has 3 aromatic rings. The van der Waals surface area contributed by atoms with Crippen LogP contribution in [0.25, 0.3) is 5.57 Å². The van der Waals surface area contributed by atoms with E-state index in [4.69, 9.17) is 10.7 Å². The average molecular weight is 456 g/mol. The van der Waals surface area contributed by atoms with Gasteiger partial charge in [-0.3, -0.25) is 4.99 Å². The van der Waals surface area contributed by atoms with Crippen LogP contribution >= 0.6 is 0 Å². The van der Waals surface area contributed by atoms with Gasteiger partial charge in [0.1, 0.15) is 0 Å². The van der Waals surface area contributed by atoms with Crippen LogP contribution < -0.4 is 11.1 Å². The molecule has 0 fully saturated rings. The summed E-state index contributed by atoms with van der Waals surface area (Å²) < 4.78 is 0. The van der Waals surface area contributed by atoms with Crippen LogP contribution in [0.3, 0.4) is 0 Å². The third kappa shape index (κ3) is 5.42. The van der Waals surface area contributed by atoms with Crippen molar-refractivity contribution in [2.24, 2.45) is 4.99 Å². The van der Waals surface area contributed by atoms with Gasteiger partial charge >= 0.3 is 0 Å². The summed E-state index contributed by atoms with van der Waals surface area (Å²) >= 11 is 0. The molecular formula is C32H29N3. The van der Waals surface area contributed by atoms with Crippen molar-refractivity contribution in [1.82, 2.24) is 0 Å². The van der Waals surface area contributed by atoms with E-state index in [9.17, 15) is 0 Å². The number of nitrogens with one attached hydrogen (secondary N) is 1. The molecule has 1 atom stereocenters. The molecule has 0 saturated carbocycles. The molecule has 0 spiro atoms. The van der Waals surface area contributed by atoms with Crippen molar-refractivity contribution in [3.05, 3.63) is 144 Å². The number of nitrogen functional groups attached to an aromatic ring is 1. The van der Waals surface area contributed by atoms with Crippen molar-refractivity contribution in [2.45, 2.75) is 19.4 Å². The van der Waals surface area contributed by atoms with Crippen molar-refractivity contribution < 1.29 is 0 Å². The van der Waals surface area contributed by atoms with Crippen molar-refractivity contribution in [2.75, 3.05) is 11.1 Å². The monoisotopic (exact) mass is 455 g/mol. The summed E-state index contributed by atoms with van der Waals surface area (Å²) in [4.78, 5) is 4.87. The number of anilines is 3. The van der Waals surface area contributed by atoms with E-state index in [-0.39, 0.29) is 6.04 Å². The maximum absolute atomic E-state index is 6.13. The smallest absolute Gasteiger partial charge is 0.0724 e. The molecule has 2 aliphatic rings. The number of benzene rings is 3. The zero-order valence-corrected chi connectivity index (χ0v) is 19.9. The molecule has 2 aliphatic carbocycles. The van der Waals surface area contributed by atoms with Gasteiger partial charge in [-0.15, -0.1) is 0 Å². The SMILES string of the molecule is Cc1cc(C(=C2C=CC(=NC3C=CC=CC3)C=C2)c2ccc(Nc3ccccc3)cc2)ccc1N. The number of nitrogens with zero attached hydrogens (tertiary/aromatic N) is 1. The number of aryl methyl sites for hydroxylation is 1. The maximum Gasteiger partial charge on any atom is 0.0724 e. The van der Waals surface area contributed by atoms with Gasteiger partial charge in [-0.2, -0.15) is 0 Å². The Morgan fingerprint density at radius 1 is 0.829 bits per heavy atom. The summed E-state index contributed by atoms with van der Waals surface area (Å²) in [6.07, 6.45) is 17.9. The van der Waals surface area contributed by atoms with Gasteiger partial charge in [-0.05, 0) is 89.7 Å². The van der Waals surface area contributed by atoms with Crippen LogP contribution in [0.5, 0.6) is 0 Å². The fourth-order valence-electron chi connectivity index (χ4n) is 4.31. The third-order valence-electron chi connectivity index (χ3n) is 6.22. The summed E-state index contributed by atoms with van der Waals surface area (Å²) in [6, 6.07) is 25.3. The Hall–Kier alpha value is -4.37. The fourth-order valence-corrected chi connectivity index (χ4v) is 4.31. The topological polar surface area (TPSA) is 50.4 Å². The molecule has 1 unspecified atom stereocenters. The highest BCUT2D eigenvalue weighted by atomic mass is 14.9. The molecule has 0 aromatic heterocycles. The Kier molecular flexibility index (Phi) is 6.58. The Morgan fingerprint density at radius 2 is 1.54 bits per heavy atom. The molecule has 0 saturated heterocycles. The second kappa shape index (κ2) is 10.3.